The van der Waals surface area contributed by atoms with E-state index in [-0.39, 0.29) is 5.75 Å². The van der Waals surface area contributed by atoms with Gasteiger partial charge in [0.1, 0.15) is 5.75 Å². The van der Waals surface area contributed by atoms with Crippen LogP contribution in [0.2, 0.25) is 5.02 Å². The smallest absolute Gasteiger partial charge is 0.164 e. The summed E-state index contributed by atoms with van der Waals surface area (Å²) in [6, 6.07) is 10.9. The number of phenols is 1. The highest BCUT2D eigenvalue weighted by atomic mass is 35.5. The molecule has 0 aliphatic carbocycles. The highest BCUT2D eigenvalue weighted by molar-refractivity contribution is 6.30. The molecule has 0 spiro atoms. The molecule has 0 aliphatic rings. The second-order valence-corrected chi connectivity index (χ2v) is 4.93. The minimum Gasteiger partial charge on any atom is -0.508 e. The number of halogens is 1. The van der Waals surface area contributed by atoms with Crippen molar-refractivity contribution >= 4 is 17.7 Å². The molecule has 2 rings (SSSR count). The van der Waals surface area contributed by atoms with E-state index < -0.39 is 0 Å². The van der Waals surface area contributed by atoms with Gasteiger partial charge < -0.3 is 14.6 Å². The van der Waals surface area contributed by atoms with E-state index in [1.165, 1.54) is 7.11 Å². The average Bonchev–Trinajstić information content (AvgIpc) is 2.48. The third-order valence-electron chi connectivity index (χ3n) is 3.08. The molecule has 1 N–H and O–H groups in total. The Morgan fingerprint density at radius 3 is 2.48 bits per heavy atom. The number of phenolic OH excluding ortho intramolecular Hbond substituents is 1. The third kappa shape index (κ3) is 3.92. The lowest BCUT2D eigenvalue weighted by molar-refractivity contribution is 0.350. The van der Waals surface area contributed by atoms with Crippen LogP contribution in [0.25, 0.3) is 6.08 Å². The first kappa shape index (κ1) is 15.3. The van der Waals surface area contributed by atoms with E-state index in [1.54, 1.807) is 19.2 Å². The van der Waals surface area contributed by atoms with Gasteiger partial charge >= 0.3 is 0 Å². The molecule has 21 heavy (non-hydrogen) atoms. The monoisotopic (exact) mass is 304 g/mol. The van der Waals surface area contributed by atoms with Crippen LogP contribution in [0.5, 0.6) is 17.2 Å². The zero-order valence-electron chi connectivity index (χ0n) is 12.0. The molecule has 0 aromatic heterocycles. The van der Waals surface area contributed by atoms with E-state index in [0.717, 1.165) is 11.1 Å². The van der Waals surface area contributed by atoms with Crippen LogP contribution in [0.1, 0.15) is 11.1 Å². The SMILES string of the molecule is COc1cc(O)c(C/C=C/c2cccc(Cl)c2)cc1OC. The molecule has 0 unspecified atom stereocenters. The number of benzene rings is 2. The normalized spacial score (nSPS) is 10.8. The Morgan fingerprint density at radius 1 is 1.10 bits per heavy atom. The molecular weight excluding hydrogens is 288 g/mol. The predicted octanol–water partition coefficient (Wildman–Crippen LogP) is 4.32. The highest BCUT2D eigenvalue weighted by Crippen LogP contribution is 2.34. The van der Waals surface area contributed by atoms with Crippen LogP contribution < -0.4 is 9.47 Å². The first-order valence-electron chi connectivity index (χ1n) is 6.50. The van der Waals surface area contributed by atoms with Gasteiger partial charge in [0.15, 0.2) is 11.5 Å². The minimum atomic E-state index is 0.184. The molecule has 0 aliphatic heterocycles. The summed E-state index contributed by atoms with van der Waals surface area (Å²) in [6.45, 7) is 0. The number of aromatic hydroxyl groups is 1. The maximum atomic E-state index is 9.99. The Hall–Kier alpha value is -2.13. The van der Waals surface area contributed by atoms with Crippen molar-refractivity contribution in [3.05, 3.63) is 58.6 Å². The van der Waals surface area contributed by atoms with E-state index in [2.05, 4.69) is 0 Å². The van der Waals surface area contributed by atoms with E-state index in [0.29, 0.717) is 22.9 Å². The number of allylic oxidation sites excluding steroid dienone is 1. The molecule has 110 valence electrons. The molecule has 0 fully saturated rings. The van der Waals surface area contributed by atoms with Crippen molar-refractivity contribution in [2.45, 2.75) is 6.42 Å². The lowest BCUT2D eigenvalue weighted by Gasteiger charge is -2.10. The van der Waals surface area contributed by atoms with Crippen LogP contribution in [0.4, 0.5) is 0 Å². The van der Waals surface area contributed by atoms with Crippen LogP contribution in [0.3, 0.4) is 0 Å². The lowest BCUT2D eigenvalue weighted by atomic mass is 10.1. The fourth-order valence-corrected chi connectivity index (χ4v) is 2.20. The summed E-state index contributed by atoms with van der Waals surface area (Å²) >= 11 is 5.93. The largest absolute Gasteiger partial charge is 0.508 e. The second kappa shape index (κ2) is 7.04. The van der Waals surface area contributed by atoms with Crippen molar-refractivity contribution in [1.29, 1.82) is 0 Å². The zero-order valence-corrected chi connectivity index (χ0v) is 12.7. The number of hydrogen-bond donors (Lipinski definition) is 1. The average molecular weight is 305 g/mol. The van der Waals surface area contributed by atoms with E-state index in [1.807, 2.05) is 36.4 Å². The van der Waals surface area contributed by atoms with Crippen LogP contribution >= 0.6 is 11.6 Å². The van der Waals surface area contributed by atoms with Gasteiger partial charge in [-0.1, -0.05) is 35.9 Å². The van der Waals surface area contributed by atoms with Crippen molar-refractivity contribution in [2.75, 3.05) is 14.2 Å². The lowest BCUT2D eigenvalue weighted by Crippen LogP contribution is -1.93. The minimum absolute atomic E-state index is 0.184. The quantitative estimate of drug-likeness (QED) is 0.894. The molecule has 0 saturated heterocycles. The summed E-state index contributed by atoms with van der Waals surface area (Å²) in [5.74, 6) is 1.29. The van der Waals surface area contributed by atoms with Crippen LogP contribution in [-0.4, -0.2) is 19.3 Å². The summed E-state index contributed by atoms with van der Waals surface area (Å²) in [5.41, 5.74) is 1.79. The molecule has 0 atom stereocenters. The number of methoxy groups -OCH3 is 2. The van der Waals surface area contributed by atoms with E-state index in [9.17, 15) is 5.11 Å². The zero-order chi connectivity index (χ0) is 15.2. The predicted molar refractivity (Wildman–Crippen MR) is 85.4 cm³/mol. The summed E-state index contributed by atoms with van der Waals surface area (Å²) in [7, 11) is 3.11. The molecule has 0 amide bonds. The van der Waals surface area contributed by atoms with Gasteiger partial charge in [-0.25, -0.2) is 0 Å². The number of rotatable bonds is 5. The Labute approximate surface area is 129 Å². The molecule has 0 saturated carbocycles. The van der Waals surface area contributed by atoms with Gasteiger partial charge in [0.2, 0.25) is 0 Å². The van der Waals surface area contributed by atoms with Gasteiger partial charge in [0, 0.05) is 16.7 Å². The van der Waals surface area contributed by atoms with Crippen molar-refractivity contribution < 1.29 is 14.6 Å². The van der Waals surface area contributed by atoms with Gasteiger partial charge in [-0.3, -0.25) is 0 Å². The molecule has 2 aromatic rings. The van der Waals surface area contributed by atoms with Gasteiger partial charge in [-0.05, 0) is 30.2 Å². The van der Waals surface area contributed by atoms with Crippen molar-refractivity contribution in [2.24, 2.45) is 0 Å². The molecule has 0 bridgehead atoms. The molecular formula is C17H17ClO3. The first-order chi connectivity index (χ1) is 10.1. The Morgan fingerprint density at radius 2 is 1.81 bits per heavy atom. The van der Waals surface area contributed by atoms with E-state index in [4.69, 9.17) is 21.1 Å². The standard InChI is InChI=1S/C17H17ClO3/c1-20-16-10-13(15(19)11-17(16)21-2)7-3-5-12-6-4-8-14(18)9-12/h3-6,8-11,19H,7H2,1-2H3/b5-3+. The summed E-state index contributed by atoms with van der Waals surface area (Å²) in [5, 5.41) is 10.7. The summed E-state index contributed by atoms with van der Waals surface area (Å²) < 4.78 is 10.4. The van der Waals surface area contributed by atoms with Crippen LogP contribution in [0, 0.1) is 0 Å². The van der Waals surface area contributed by atoms with Gasteiger partial charge in [0.05, 0.1) is 14.2 Å². The number of hydrogen-bond acceptors (Lipinski definition) is 3. The first-order valence-corrected chi connectivity index (χ1v) is 6.88. The topological polar surface area (TPSA) is 38.7 Å². The Bertz CT molecular complexity index is 650. The highest BCUT2D eigenvalue weighted by Gasteiger charge is 2.09. The van der Waals surface area contributed by atoms with Crippen LogP contribution in [-0.2, 0) is 6.42 Å². The maximum Gasteiger partial charge on any atom is 0.164 e. The summed E-state index contributed by atoms with van der Waals surface area (Å²) in [4.78, 5) is 0. The Kier molecular flexibility index (Phi) is 5.12. The summed E-state index contributed by atoms with van der Waals surface area (Å²) in [6.07, 6.45) is 4.51. The fraction of sp³-hybridized carbons (Fsp3) is 0.176. The molecule has 3 nitrogen and oxygen atoms in total. The molecule has 2 aromatic carbocycles. The van der Waals surface area contributed by atoms with Gasteiger partial charge in [-0.15, -0.1) is 0 Å². The third-order valence-corrected chi connectivity index (χ3v) is 3.32. The van der Waals surface area contributed by atoms with Gasteiger partial charge in [0.25, 0.3) is 0 Å². The van der Waals surface area contributed by atoms with Crippen LogP contribution in [0.15, 0.2) is 42.5 Å². The Balaban J connectivity index is 2.16. The molecule has 4 heteroatoms. The fourth-order valence-electron chi connectivity index (χ4n) is 2.01. The maximum absolute atomic E-state index is 9.99. The van der Waals surface area contributed by atoms with Crippen molar-refractivity contribution in [1.82, 2.24) is 0 Å². The molecule has 0 radical (unpaired) electrons. The van der Waals surface area contributed by atoms with E-state index >= 15 is 0 Å². The number of ether oxygens (including phenoxy) is 2. The van der Waals surface area contributed by atoms with Gasteiger partial charge in [-0.2, -0.15) is 0 Å². The molecule has 0 heterocycles. The van der Waals surface area contributed by atoms with Crippen molar-refractivity contribution in [3.63, 3.8) is 0 Å². The van der Waals surface area contributed by atoms with Crippen molar-refractivity contribution in [3.8, 4) is 17.2 Å². The second-order valence-electron chi connectivity index (χ2n) is 4.50.